The third-order valence-corrected chi connectivity index (χ3v) is 6.94. The molecule has 1 aliphatic carbocycles. The number of fused-ring (bicyclic) bond motifs is 3. The van der Waals surface area contributed by atoms with Gasteiger partial charge in [0, 0.05) is 17.0 Å². The molecule has 0 saturated carbocycles. The lowest BCUT2D eigenvalue weighted by Gasteiger charge is -2.13. The highest BCUT2D eigenvalue weighted by molar-refractivity contribution is 7.19. The minimum absolute atomic E-state index is 0.262. The molecule has 0 atom stereocenters. The predicted molar refractivity (Wildman–Crippen MR) is 125 cm³/mol. The third kappa shape index (κ3) is 4.03. The van der Waals surface area contributed by atoms with E-state index >= 15 is 0 Å². The number of aryl methyl sites for hydroxylation is 2. The van der Waals surface area contributed by atoms with Crippen LogP contribution in [-0.2, 0) is 19.3 Å². The van der Waals surface area contributed by atoms with Gasteiger partial charge < -0.3 is 10.4 Å². The maximum absolute atomic E-state index is 11.2. The van der Waals surface area contributed by atoms with E-state index in [-0.39, 0.29) is 5.56 Å². The summed E-state index contributed by atoms with van der Waals surface area (Å²) in [6.07, 6.45) is 5.55. The first-order valence-corrected chi connectivity index (χ1v) is 11.4. The van der Waals surface area contributed by atoms with Crippen molar-refractivity contribution in [2.45, 2.75) is 32.1 Å². The number of anilines is 1. The topological polar surface area (TPSA) is 75.1 Å². The predicted octanol–water partition coefficient (Wildman–Crippen LogP) is 5.59. The van der Waals surface area contributed by atoms with Crippen molar-refractivity contribution in [2.24, 2.45) is 0 Å². The molecule has 2 aromatic carbocycles. The summed E-state index contributed by atoms with van der Waals surface area (Å²) in [5, 5.41) is 13.9. The Morgan fingerprint density at radius 3 is 2.55 bits per heavy atom. The number of carbonyl (C=O) groups is 1. The number of aromatic nitrogens is 2. The lowest BCUT2D eigenvalue weighted by molar-refractivity contribution is 0.0697. The molecule has 2 N–H and O–H groups in total. The molecule has 0 bridgehead atoms. The Kier molecular flexibility index (Phi) is 5.38. The summed E-state index contributed by atoms with van der Waals surface area (Å²) >= 11 is 1.78. The van der Waals surface area contributed by atoms with Gasteiger partial charge in [-0.2, -0.15) is 0 Å². The van der Waals surface area contributed by atoms with Crippen LogP contribution >= 0.6 is 11.3 Å². The van der Waals surface area contributed by atoms with Crippen molar-refractivity contribution in [3.05, 3.63) is 76.2 Å². The van der Waals surface area contributed by atoms with E-state index in [1.54, 1.807) is 35.6 Å². The maximum Gasteiger partial charge on any atom is 0.335 e. The molecule has 5 rings (SSSR count). The number of thiophene rings is 1. The van der Waals surface area contributed by atoms with E-state index in [0.717, 1.165) is 42.0 Å². The van der Waals surface area contributed by atoms with E-state index in [4.69, 9.17) is 9.97 Å². The Hall–Kier alpha value is -3.25. The van der Waals surface area contributed by atoms with E-state index in [0.29, 0.717) is 5.82 Å². The molecule has 2 heterocycles. The molecule has 156 valence electrons. The number of hydrogen-bond acceptors (Lipinski definition) is 5. The van der Waals surface area contributed by atoms with Crippen LogP contribution in [0.4, 0.5) is 5.82 Å². The first-order valence-electron chi connectivity index (χ1n) is 10.6. The minimum atomic E-state index is -0.933. The van der Waals surface area contributed by atoms with Crippen LogP contribution in [0.25, 0.3) is 21.6 Å². The SMILES string of the molecule is O=C(O)c1ccc(-c2nc(NCCc3ccccc3)c3c4c(sc3n2)CCCC4)cc1. The third-order valence-electron chi connectivity index (χ3n) is 5.75. The molecule has 6 heteroatoms. The normalized spacial score (nSPS) is 13.2. The molecule has 31 heavy (non-hydrogen) atoms. The second-order valence-corrected chi connectivity index (χ2v) is 8.92. The number of benzene rings is 2. The summed E-state index contributed by atoms with van der Waals surface area (Å²) in [5.74, 6) is 0.583. The quantitative estimate of drug-likeness (QED) is 0.418. The molecule has 0 saturated heterocycles. The number of aromatic carboxylic acids is 1. The van der Waals surface area contributed by atoms with Crippen LogP contribution in [0.1, 0.15) is 39.2 Å². The molecule has 0 spiro atoms. The monoisotopic (exact) mass is 429 g/mol. The second-order valence-electron chi connectivity index (χ2n) is 7.83. The molecule has 0 unspecified atom stereocenters. The zero-order chi connectivity index (χ0) is 21.2. The van der Waals surface area contributed by atoms with Crippen molar-refractivity contribution in [3.63, 3.8) is 0 Å². The summed E-state index contributed by atoms with van der Waals surface area (Å²) in [7, 11) is 0. The smallest absolute Gasteiger partial charge is 0.335 e. The highest BCUT2D eigenvalue weighted by atomic mass is 32.1. The van der Waals surface area contributed by atoms with Gasteiger partial charge in [0.25, 0.3) is 0 Å². The van der Waals surface area contributed by atoms with Crippen molar-refractivity contribution in [2.75, 3.05) is 11.9 Å². The lowest BCUT2D eigenvalue weighted by Crippen LogP contribution is -2.09. The van der Waals surface area contributed by atoms with Gasteiger partial charge in [-0.3, -0.25) is 0 Å². The summed E-state index contributed by atoms with van der Waals surface area (Å²) in [4.78, 5) is 23.4. The second kappa shape index (κ2) is 8.47. The van der Waals surface area contributed by atoms with Gasteiger partial charge in [-0.15, -0.1) is 11.3 Å². The summed E-state index contributed by atoms with van der Waals surface area (Å²) in [6.45, 7) is 0.790. The molecule has 0 amide bonds. The fourth-order valence-corrected chi connectivity index (χ4v) is 5.41. The van der Waals surface area contributed by atoms with Crippen molar-refractivity contribution < 1.29 is 9.90 Å². The molecule has 2 aromatic heterocycles. The van der Waals surface area contributed by atoms with Crippen molar-refractivity contribution >= 4 is 33.3 Å². The van der Waals surface area contributed by atoms with Crippen molar-refractivity contribution in [1.82, 2.24) is 9.97 Å². The molecule has 0 fully saturated rings. The van der Waals surface area contributed by atoms with Gasteiger partial charge in [0.2, 0.25) is 0 Å². The molecule has 1 aliphatic rings. The first-order chi connectivity index (χ1) is 15.2. The lowest BCUT2D eigenvalue weighted by atomic mass is 9.97. The van der Waals surface area contributed by atoms with Gasteiger partial charge in [0.05, 0.1) is 10.9 Å². The summed E-state index contributed by atoms with van der Waals surface area (Å²) in [5.41, 5.74) is 3.78. The fraction of sp³-hybridized carbons (Fsp3) is 0.240. The summed E-state index contributed by atoms with van der Waals surface area (Å²) < 4.78 is 0. The molecular weight excluding hydrogens is 406 g/mol. The van der Waals surface area contributed by atoms with E-state index in [2.05, 4.69) is 29.6 Å². The van der Waals surface area contributed by atoms with Crippen molar-refractivity contribution in [1.29, 1.82) is 0 Å². The Balaban J connectivity index is 1.52. The standard InChI is InChI=1S/C25H23N3O2S/c29-25(30)18-12-10-17(11-13-18)22-27-23(26-15-14-16-6-2-1-3-7-16)21-19-8-4-5-9-20(19)31-24(21)28-22/h1-3,6-7,10-13H,4-5,8-9,14-15H2,(H,29,30)(H,26,27,28). The molecule has 5 nitrogen and oxygen atoms in total. The van der Waals surface area contributed by atoms with Crippen LogP contribution < -0.4 is 5.32 Å². The highest BCUT2D eigenvalue weighted by Gasteiger charge is 2.21. The molecule has 0 aliphatic heterocycles. The van der Waals surface area contributed by atoms with Gasteiger partial charge in [0.15, 0.2) is 5.82 Å². The van der Waals surface area contributed by atoms with E-state index in [1.165, 1.54) is 34.2 Å². The fourth-order valence-electron chi connectivity index (χ4n) is 4.15. The molecule has 4 aromatic rings. The van der Waals surface area contributed by atoms with Crippen molar-refractivity contribution in [3.8, 4) is 11.4 Å². The van der Waals surface area contributed by atoms with Crippen LogP contribution in [-0.4, -0.2) is 27.6 Å². The maximum atomic E-state index is 11.2. The zero-order valence-corrected chi connectivity index (χ0v) is 17.9. The Morgan fingerprint density at radius 1 is 1.00 bits per heavy atom. The van der Waals surface area contributed by atoms with Crippen LogP contribution in [0.5, 0.6) is 0 Å². The van der Waals surface area contributed by atoms with Gasteiger partial charge in [-0.25, -0.2) is 14.8 Å². The van der Waals surface area contributed by atoms with Crippen LogP contribution in [0.3, 0.4) is 0 Å². The van der Waals surface area contributed by atoms with Crippen LogP contribution in [0.15, 0.2) is 54.6 Å². The number of nitrogens with one attached hydrogen (secondary N) is 1. The Labute approximate surface area is 184 Å². The van der Waals surface area contributed by atoms with E-state index in [1.807, 2.05) is 6.07 Å². The average molecular weight is 430 g/mol. The molecule has 0 radical (unpaired) electrons. The number of hydrogen-bond donors (Lipinski definition) is 2. The van der Waals surface area contributed by atoms with Crippen LogP contribution in [0, 0.1) is 0 Å². The number of nitrogens with zero attached hydrogens (tertiary/aromatic N) is 2. The van der Waals surface area contributed by atoms with E-state index < -0.39 is 5.97 Å². The van der Waals surface area contributed by atoms with Crippen LogP contribution in [0.2, 0.25) is 0 Å². The van der Waals surface area contributed by atoms with Gasteiger partial charge in [0.1, 0.15) is 10.6 Å². The number of carboxylic acid groups (broad SMARTS) is 1. The van der Waals surface area contributed by atoms with Gasteiger partial charge in [-0.1, -0.05) is 42.5 Å². The average Bonchev–Trinajstić information content (AvgIpc) is 3.18. The Morgan fingerprint density at radius 2 is 1.77 bits per heavy atom. The van der Waals surface area contributed by atoms with Gasteiger partial charge >= 0.3 is 5.97 Å². The number of rotatable bonds is 6. The highest BCUT2D eigenvalue weighted by Crippen LogP contribution is 2.39. The molecular formula is C25H23N3O2S. The van der Waals surface area contributed by atoms with E-state index in [9.17, 15) is 9.90 Å². The number of carboxylic acids is 1. The zero-order valence-electron chi connectivity index (χ0n) is 17.1. The minimum Gasteiger partial charge on any atom is -0.478 e. The summed E-state index contributed by atoms with van der Waals surface area (Å²) in [6, 6.07) is 17.2. The Bertz CT molecular complexity index is 1230. The largest absolute Gasteiger partial charge is 0.478 e. The first kappa shape index (κ1) is 19.7. The van der Waals surface area contributed by atoms with Gasteiger partial charge in [-0.05, 0) is 55.4 Å².